The first kappa shape index (κ1) is 16.8. The van der Waals surface area contributed by atoms with Crippen LogP contribution >= 0.6 is 0 Å². The number of rotatable bonds is 3. The predicted molar refractivity (Wildman–Crippen MR) is 79.8 cm³/mol. The Bertz CT molecular complexity index is 522. The van der Waals surface area contributed by atoms with Gasteiger partial charge in [0, 0.05) is 12.2 Å². The van der Waals surface area contributed by atoms with E-state index in [0.717, 1.165) is 11.1 Å². The number of benzene rings is 1. The number of carbonyl (C=O) groups excluding carboxylic acids is 1. The number of nitrogens with zero attached hydrogens (tertiary/aromatic N) is 1. The van der Waals surface area contributed by atoms with Crippen LogP contribution in [0.1, 0.15) is 24.0 Å². The van der Waals surface area contributed by atoms with Gasteiger partial charge in [0.1, 0.15) is 0 Å². The molecule has 1 amide bonds. The summed E-state index contributed by atoms with van der Waals surface area (Å²) in [5.41, 5.74) is 2.75. The molecular formula is C16H21F3N2O. The van der Waals surface area contributed by atoms with Gasteiger partial charge in [0.15, 0.2) is 0 Å². The van der Waals surface area contributed by atoms with Gasteiger partial charge in [-0.05, 0) is 56.5 Å². The molecule has 0 saturated carbocycles. The molecule has 0 bridgehead atoms. The maximum absolute atomic E-state index is 12.8. The first-order valence-corrected chi connectivity index (χ1v) is 7.41. The van der Waals surface area contributed by atoms with E-state index in [4.69, 9.17) is 0 Å². The lowest BCUT2D eigenvalue weighted by molar-refractivity contribution is -0.186. The fraction of sp³-hybridized carbons (Fsp3) is 0.562. The SMILES string of the molecule is Cc1cc(C)cc(NC(=O)CN2CCC[C@@H](C(F)(F)F)C2)c1. The molecule has 1 aliphatic heterocycles. The van der Waals surface area contributed by atoms with Gasteiger partial charge in [-0.1, -0.05) is 6.07 Å². The molecule has 1 N–H and O–H groups in total. The van der Waals surface area contributed by atoms with E-state index in [1.54, 1.807) is 4.90 Å². The highest BCUT2D eigenvalue weighted by atomic mass is 19.4. The van der Waals surface area contributed by atoms with E-state index in [2.05, 4.69) is 5.32 Å². The molecule has 22 heavy (non-hydrogen) atoms. The van der Waals surface area contributed by atoms with Gasteiger partial charge in [0.2, 0.25) is 5.91 Å². The molecule has 1 aromatic rings. The lowest BCUT2D eigenvalue weighted by Crippen LogP contribution is -2.44. The van der Waals surface area contributed by atoms with E-state index in [9.17, 15) is 18.0 Å². The third-order valence-electron chi connectivity index (χ3n) is 3.84. The van der Waals surface area contributed by atoms with Crippen molar-refractivity contribution >= 4 is 11.6 Å². The smallest absolute Gasteiger partial charge is 0.325 e. The normalized spacial score (nSPS) is 20.0. The van der Waals surface area contributed by atoms with Gasteiger partial charge in [-0.15, -0.1) is 0 Å². The van der Waals surface area contributed by atoms with Gasteiger partial charge in [-0.3, -0.25) is 9.69 Å². The number of halogens is 3. The first-order valence-electron chi connectivity index (χ1n) is 7.41. The number of piperidine rings is 1. The van der Waals surface area contributed by atoms with E-state index in [-0.39, 0.29) is 25.4 Å². The monoisotopic (exact) mass is 314 g/mol. The Morgan fingerprint density at radius 3 is 2.50 bits per heavy atom. The number of carbonyl (C=O) groups is 1. The van der Waals surface area contributed by atoms with Gasteiger partial charge in [-0.25, -0.2) is 0 Å². The summed E-state index contributed by atoms with van der Waals surface area (Å²) in [5, 5.41) is 2.76. The summed E-state index contributed by atoms with van der Waals surface area (Å²) in [6.45, 7) is 4.30. The van der Waals surface area contributed by atoms with Crippen LogP contribution in [0.3, 0.4) is 0 Å². The van der Waals surface area contributed by atoms with E-state index < -0.39 is 12.1 Å². The maximum Gasteiger partial charge on any atom is 0.393 e. The fourth-order valence-electron chi connectivity index (χ4n) is 2.92. The van der Waals surface area contributed by atoms with Crippen LogP contribution in [0.2, 0.25) is 0 Å². The topological polar surface area (TPSA) is 32.3 Å². The number of anilines is 1. The van der Waals surface area contributed by atoms with Gasteiger partial charge in [-0.2, -0.15) is 13.2 Å². The zero-order valence-corrected chi connectivity index (χ0v) is 12.8. The molecule has 1 aliphatic rings. The van der Waals surface area contributed by atoms with Gasteiger partial charge in [0.05, 0.1) is 12.5 Å². The quantitative estimate of drug-likeness (QED) is 0.926. The Morgan fingerprint density at radius 2 is 1.91 bits per heavy atom. The van der Waals surface area contributed by atoms with Crippen molar-refractivity contribution in [2.75, 3.05) is 25.0 Å². The van der Waals surface area contributed by atoms with Crippen molar-refractivity contribution in [2.45, 2.75) is 32.9 Å². The van der Waals surface area contributed by atoms with Crippen molar-refractivity contribution in [1.29, 1.82) is 0 Å². The fourth-order valence-corrected chi connectivity index (χ4v) is 2.92. The molecule has 1 saturated heterocycles. The van der Waals surface area contributed by atoms with Crippen LogP contribution < -0.4 is 5.32 Å². The molecule has 0 radical (unpaired) electrons. The third kappa shape index (κ3) is 4.73. The molecule has 1 fully saturated rings. The van der Waals surface area contributed by atoms with Crippen LogP contribution in [0.5, 0.6) is 0 Å². The third-order valence-corrected chi connectivity index (χ3v) is 3.84. The number of amides is 1. The first-order chi connectivity index (χ1) is 10.2. The second-order valence-corrected chi connectivity index (χ2v) is 6.04. The summed E-state index contributed by atoms with van der Waals surface area (Å²) in [5.74, 6) is -1.59. The minimum Gasteiger partial charge on any atom is -0.325 e. The van der Waals surface area contributed by atoms with Crippen molar-refractivity contribution in [3.05, 3.63) is 29.3 Å². The average Bonchev–Trinajstić information content (AvgIpc) is 2.36. The number of hydrogen-bond acceptors (Lipinski definition) is 2. The van der Waals surface area contributed by atoms with Gasteiger partial charge < -0.3 is 5.32 Å². The number of aryl methyl sites for hydroxylation is 2. The maximum atomic E-state index is 12.8. The van der Waals surface area contributed by atoms with Crippen LogP contribution in [0, 0.1) is 19.8 Å². The van der Waals surface area contributed by atoms with Crippen molar-refractivity contribution < 1.29 is 18.0 Å². The molecule has 0 spiro atoms. The number of nitrogens with one attached hydrogen (secondary N) is 1. The minimum absolute atomic E-state index is 0.000427. The van der Waals surface area contributed by atoms with Crippen LogP contribution in [0.15, 0.2) is 18.2 Å². The molecule has 3 nitrogen and oxygen atoms in total. The molecular weight excluding hydrogens is 293 g/mol. The molecule has 0 unspecified atom stereocenters. The number of hydrogen-bond donors (Lipinski definition) is 1. The van der Waals surface area contributed by atoms with Gasteiger partial charge in [0.25, 0.3) is 0 Å². The van der Waals surface area contributed by atoms with Crippen LogP contribution in [-0.4, -0.2) is 36.6 Å². The second-order valence-electron chi connectivity index (χ2n) is 6.04. The number of likely N-dealkylation sites (tertiary alicyclic amines) is 1. The van der Waals surface area contributed by atoms with E-state index in [1.807, 2.05) is 32.0 Å². The minimum atomic E-state index is -4.18. The van der Waals surface area contributed by atoms with Crippen molar-refractivity contribution in [1.82, 2.24) is 4.90 Å². The Kier molecular flexibility index (Phi) is 5.11. The standard InChI is InChI=1S/C16H21F3N2O/c1-11-6-12(2)8-14(7-11)20-15(22)10-21-5-3-4-13(9-21)16(17,18)19/h6-8,13H,3-5,9-10H2,1-2H3,(H,20,22)/t13-/m1/s1. The number of alkyl halides is 3. The second kappa shape index (κ2) is 6.69. The molecule has 2 rings (SSSR count). The lowest BCUT2D eigenvalue weighted by atomic mass is 9.97. The largest absolute Gasteiger partial charge is 0.393 e. The van der Waals surface area contributed by atoms with E-state index in [0.29, 0.717) is 18.7 Å². The summed E-state index contributed by atoms with van der Waals surface area (Å²) in [6.07, 6.45) is -3.55. The van der Waals surface area contributed by atoms with Crippen molar-refractivity contribution in [3.8, 4) is 0 Å². The highest BCUT2D eigenvalue weighted by Crippen LogP contribution is 2.32. The Labute approximate surface area is 128 Å². The molecule has 0 aliphatic carbocycles. The summed E-state index contributed by atoms with van der Waals surface area (Å²) >= 11 is 0. The predicted octanol–water partition coefficient (Wildman–Crippen LogP) is 3.52. The average molecular weight is 314 g/mol. The molecule has 1 aromatic carbocycles. The Hall–Kier alpha value is -1.56. The zero-order chi connectivity index (χ0) is 16.3. The lowest BCUT2D eigenvalue weighted by Gasteiger charge is -2.33. The Balaban J connectivity index is 1.91. The highest BCUT2D eigenvalue weighted by Gasteiger charge is 2.41. The van der Waals surface area contributed by atoms with Gasteiger partial charge >= 0.3 is 6.18 Å². The summed E-state index contributed by atoms with van der Waals surface area (Å²) < 4.78 is 38.3. The molecule has 122 valence electrons. The van der Waals surface area contributed by atoms with Crippen LogP contribution in [0.25, 0.3) is 0 Å². The van der Waals surface area contributed by atoms with E-state index >= 15 is 0 Å². The zero-order valence-electron chi connectivity index (χ0n) is 12.8. The summed E-state index contributed by atoms with van der Waals surface area (Å²) in [7, 11) is 0. The summed E-state index contributed by atoms with van der Waals surface area (Å²) in [6, 6.07) is 5.69. The van der Waals surface area contributed by atoms with E-state index in [1.165, 1.54) is 0 Å². The Morgan fingerprint density at radius 1 is 1.27 bits per heavy atom. The van der Waals surface area contributed by atoms with Crippen LogP contribution in [0.4, 0.5) is 18.9 Å². The van der Waals surface area contributed by atoms with Crippen molar-refractivity contribution in [2.24, 2.45) is 5.92 Å². The molecule has 1 heterocycles. The molecule has 6 heteroatoms. The molecule has 0 aromatic heterocycles. The van der Waals surface area contributed by atoms with Crippen molar-refractivity contribution in [3.63, 3.8) is 0 Å². The summed E-state index contributed by atoms with van der Waals surface area (Å²) in [4.78, 5) is 13.6. The highest BCUT2D eigenvalue weighted by molar-refractivity contribution is 5.92. The van der Waals surface area contributed by atoms with Crippen LogP contribution in [-0.2, 0) is 4.79 Å². The molecule has 1 atom stereocenters.